The Hall–Kier alpha value is -3.46. The van der Waals surface area contributed by atoms with Crippen LogP contribution in [0.25, 0.3) is 10.6 Å². The summed E-state index contributed by atoms with van der Waals surface area (Å²) in [4.78, 5) is 18.8. The number of H-pyrrole nitrogens is 1. The molecule has 9 heteroatoms. The van der Waals surface area contributed by atoms with Crippen LogP contribution in [0, 0.1) is 13.8 Å². The van der Waals surface area contributed by atoms with E-state index in [1.165, 1.54) is 4.88 Å². The number of nitrogens with one attached hydrogen (secondary N) is 2. The zero-order valence-electron chi connectivity index (χ0n) is 15.2. The summed E-state index contributed by atoms with van der Waals surface area (Å²) in [5.41, 5.74) is 1.37. The fourth-order valence-corrected chi connectivity index (χ4v) is 3.36. The van der Waals surface area contributed by atoms with Crippen molar-refractivity contribution in [1.82, 2.24) is 20.3 Å². The molecule has 0 fully saturated rings. The maximum Gasteiger partial charge on any atom is 0.256 e. The fourth-order valence-electron chi connectivity index (χ4n) is 2.53. The van der Waals surface area contributed by atoms with E-state index in [1.54, 1.807) is 42.5 Å². The van der Waals surface area contributed by atoms with E-state index in [-0.39, 0.29) is 12.5 Å². The SMILES string of the molecule is Cc1nc(COc2ccc(C(=O)Nc3cc(-c4ccc(C)s4)[nH]n3)cc2)no1. The van der Waals surface area contributed by atoms with E-state index < -0.39 is 0 Å². The third-order valence-electron chi connectivity index (χ3n) is 3.88. The molecule has 2 N–H and O–H groups in total. The van der Waals surface area contributed by atoms with E-state index in [2.05, 4.69) is 25.7 Å². The Bertz CT molecular complexity index is 1100. The number of aromatic amines is 1. The number of benzene rings is 1. The molecule has 3 aromatic heterocycles. The van der Waals surface area contributed by atoms with Crippen LogP contribution >= 0.6 is 11.3 Å². The highest BCUT2D eigenvalue weighted by atomic mass is 32.1. The third kappa shape index (κ3) is 4.09. The molecular formula is C19H17N5O3S. The number of carbonyl (C=O) groups is 1. The lowest BCUT2D eigenvalue weighted by atomic mass is 10.2. The van der Waals surface area contributed by atoms with E-state index in [0.717, 1.165) is 10.6 Å². The Kier molecular flexibility index (Phi) is 4.90. The lowest BCUT2D eigenvalue weighted by Gasteiger charge is -2.05. The van der Waals surface area contributed by atoms with Gasteiger partial charge in [0.05, 0.1) is 10.6 Å². The number of nitrogens with zero attached hydrogens (tertiary/aromatic N) is 3. The van der Waals surface area contributed by atoms with Gasteiger partial charge in [-0.3, -0.25) is 9.89 Å². The summed E-state index contributed by atoms with van der Waals surface area (Å²) in [5.74, 6) is 1.78. The summed E-state index contributed by atoms with van der Waals surface area (Å²) >= 11 is 1.66. The van der Waals surface area contributed by atoms with Crippen molar-refractivity contribution in [3.05, 3.63) is 64.6 Å². The molecule has 1 amide bonds. The second-order valence-corrected chi connectivity index (χ2v) is 7.36. The van der Waals surface area contributed by atoms with Crippen molar-refractivity contribution in [3.8, 4) is 16.3 Å². The summed E-state index contributed by atoms with van der Waals surface area (Å²) in [7, 11) is 0. The number of carbonyl (C=O) groups excluding carboxylic acids is 1. The lowest BCUT2D eigenvalue weighted by molar-refractivity contribution is 0.102. The van der Waals surface area contributed by atoms with Crippen LogP contribution in [-0.2, 0) is 6.61 Å². The molecule has 0 aliphatic rings. The number of thiophene rings is 1. The quantitative estimate of drug-likeness (QED) is 0.512. The van der Waals surface area contributed by atoms with E-state index in [0.29, 0.717) is 28.8 Å². The first-order chi connectivity index (χ1) is 13.6. The van der Waals surface area contributed by atoms with E-state index >= 15 is 0 Å². The van der Waals surface area contributed by atoms with Crippen molar-refractivity contribution in [3.63, 3.8) is 0 Å². The standard InChI is InChI=1S/C19H17N5O3S/c1-11-3-8-16(28-11)15-9-17(23-22-15)21-19(25)13-4-6-14(7-5-13)26-10-18-20-12(2)27-24-18/h3-9H,10H2,1-2H3,(H2,21,22,23,25). The summed E-state index contributed by atoms with van der Waals surface area (Å²) in [6.07, 6.45) is 0. The van der Waals surface area contributed by atoms with Gasteiger partial charge >= 0.3 is 0 Å². The maximum atomic E-state index is 12.4. The monoisotopic (exact) mass is 395 g/mol. The van der Waals surface area contributed by atoms with Gasteiger partial charge in [0.15, 0.2) is 12.4 Å². The molecule has 0 aliphatic heterocycles. The highest BCUT2D eigenvalue weighted by Gasteiger charge is 2.11. The van der Waals surface area contributed by atoms with Gasteiger partial charge < -0.3 is 14.6 Å². The van der Waals surface area contributed by atoms with Crippen LogP contribution in [0.5, 0.6) is 5.75 Å². The van der Waals surface area contributed by atoms with Gasteiger partial charge in [-0.1, -0.05) is 5.16 Å². The van der Waals surface area contributed by atoms with Gasteiger partial charge in [-0.05, 0) is 43.3 Å². The maximum absolute atomic E-state index is 12.4. The van der Waals surface area contributed by atoms with Gasteiger partial charge in [0.25, 0.3) is 5.91 Å². The largest absolute Gasteiger partial charge is 0.485 e. The summed E-state index contributed by atoms with van der Waals surface area (Å²) in [5, 5.41) is 13.6. The number of hydrogen-bond donors (Lipinski definition) is 2. The molecular weight excluding hydrogens is 378 g/mol. The minimum absolute atomic E-state index is 0.196. The van der Waals surface area contributed by atoms with Crippen molar-refractivity contribution >= 4 is 23.1 Å². The molecule has 4 aromatic rings. The smallest absolute Gasteiger partial charge is 0.256 e. The third-order valence-corrected chi connectivity index (χ3v) is 4.91. The second kappa shape index (κ2) is 7.65. The Morgan fingerprint density at radius 2 is 2.04 bits per heavy atom. The summed E-state index contributed by atoms with van der Waals surface area (Å²) < 4.78 is 10.5. The highest BCUT2D eigenvalue weighted by molar-refractivity contribution is 7.15. The Morgan fingerprint density at radius 3 is 2.71 bits per heavy atom. The van der Waals surface area contributed by atoms with Crippen molar-refractivity contribution in [1.29, 1.82) is 0 Å². The van der Waals surface area contributed by atoms with Crippen LogP contribution in [0.15, 0.2) is 47.0 Å². The van der Waals surface area contributed by atoms with Crippen LogP contribution < -0.4 is 10.1 Å². The second-order valence-electron chi connectivity index (χ2n) is 6.07. The Labute approximate surface area is 164 Å². The molecule has 8 nitrogen and oxygen atoms in total. The predicted molar refractivity (Wildman–Crippen MR) is 104 cm³/mol. The molecule has 1 aromatic carbocycles. The number of amides is 1. The average molecular weight is 395 g/mol. The fraction of sp³-hybridized carbons (Fsp3) is 0.158. The highest BCUT2D eigenvalue weighted by Crippen LogP contribution is 2.27. The molecule has 142 valence electrons. The molecule has 0 unspecified atom stereocenters. The number of hydrogen-bond acceptors (Lipinski definition) is 7. The van der Waals surface area contributed by atoms with Crippen molar-refractivity contribution in [2.24, 2.45) is 0 Å². The molecule has 3 heterocycles. The van der Waals surface area contributed by atoms with Crippen molar-refractivity contribution in [2.75, 3.05) is 5.32 Å². The molecule has 0 bridgehead atoms. The molecule has 0 saturated heterocycles. The van der Waals surface area contributed by atoms with Gasteiger partial charge in [0.2, 0.25) is 11.7 Å². The summed E-state index contributed by atoms with van der Waals surface area (Å²) in [6.45, 7) is 3.96. The molecule has 28 heavy (non-hydrogen) atoms. The van der Waals surface area contributed by atoms with E-state index in [9.17, 15) is 4.79 Å². The van der Waals surface area contributed by atoms with Gasteiger partial charge in [-0.25, -0.2) is 0 Å². The molecule has 0 aliphatic carbocycles. The first kappa shape index (κ1) is 17.9. The lowest BCUT2D eigenvalue weighted by Crippen LogP contribution is -2.12. The first-order valence-electron chi connectivity index (χ1n) is 8.52. The molecule has 0 saturated carbocycles. The predicted octanol–water partition coefficient (Wildman–Crippen LogP) is 3.97. The first-order valence-corrected chi connectivity index (χ1v) is 9.34. The van der Waals surface area contributed by atoms with Crippen molar-refractivity contribution < 1.29 is 14.1 Å². The molecule has 0 radical (unpaired) electrons. The van der Waals surface area contributed by atoms with Crippen LogP contribution in [-0.4, -0.2) is 26.2 Å². The van der Waals surface area contributed by atoms with Crippen LogP contribution in [0.4, 0.5) is 5.82 Å². The minimum atomic E-state index is -0.249. The van der Waals surface area contributed by atoms with Crippen LogP contribution in [0.2, 0.25) is 0 Å². The zero-order chi connectivity index (χ0) is 19.5. The average Bonchev–Trinajstić information content (AvgIpc) is 3.42. The number of rotatable bonds is 6. The normalized spacial score (nSPS) is 10.8. The van der Waals surface area contributed by atoms with Crippen LogP contribution in [0.3, 0.4) is 0 Å². The minimum Gasteiger partial charge on any atom is -0.485 e. The van der Waals surface area contributed by atoms with Gasteiger partial charge in [0, 0.05) is 23.4 Å². The van der Waals surface area contributed by atoms with Gasteiger partial charge in [-0.2, -0.15) is 10.1 Å². The van der Waals surface area contributed by atoms with E-state index in [4.69, 9.17) is 9.26 Å². The molecule has 0 spiro atoms. The number of aryl methyl sites for hydroxylation is 2. The van der Waals surface area contributed by atoms with Gasteiger partial charge in [0.1, 0.15) is 5.75 Å². The van der Waals surface area contributed by atoms with Gasteiger partial charge in [-0.15, -0.1) is 11.3 Å². The van der Waals surface area contributed by atoms with E-state index in [1.807, 2.05) is 25.1 Å². The van der Waals surface area contributed by atoms with Crippen LogP contribution in [0.1, 0.15) is 27.0 Å². The number of aromatic nitrogens is 4. The zero-order valence-corrected chi connectivity index (χ0v) is 16.0. The Morgan fingerprint density at radius 1 is 1.21 bits per heavy atom. The van der Waals surface area contributed by atoms with Crippen molar-refractivity contribution in [2.45, 2.75) is 20.5 Å². The number of ether oxygens (including phenoxy) is 1. The Balaban J connectivity index is 1.36. The molecule has 0 atom stereocenters. The topological polar surface area (TPSA) is 106 Å². The summed E-state index contributed by atoms with van der Waals surface area (Å²) in [6, 6.07) is 12.7. The molecule has 4 rings (SSSR count). The number of anilines is 1.